The highest BCUT2D eigenvalue weighted by molar-refractivity contribution is 6.30. The average molecular weight is 268 g/mol. The Hall–Kier alpha value is -0.810. The van der Waals surface area contributed by atoms with Gasteiger partial charge in [0.25, 0.3) is 0 Å². The molecule has 1 N–H and O–H groups in total. The van der Waals surface area contributed by atoms with Gasteiger partial charge >= 0.3 is 6.18 Å². The summed E-state index contributed by atoms with van der Waals surface area (Å²) in [5, 5.41) is 2.74. The highest BCUT2D eigenvalue weighted by Gasteiger charge is 2.58. The molecule has 1 fully saturated rings. The largest absolute Gasteiger partial charge is 0.399 e. The summed E-state index contributed by atoms with van der Waals surface area (Å²) in [5.41, 5.74) is -2.54. The van der Waals surface area contributed by atoms with Gasteiger partial charge in [-0.05, 0) is 31.2 Å². The number of hydrogen-bond donors (Lipinski definition) is 1. The van der Waals surface area contributed by atoms with Gasteiger partial charge in [0.15, 0.2) is 0 Å². The predicted octanol–water partition coefficient (Wildman–Crippen LogP) is 3.27. The molecule has 0 spiro atoms. The summed E-state index contributed by atoms with van der Waals surface area (Å²) in [6.45, 7) is -0.0980. The lowest BCUT2D eigenvalue weighted by atomic mass is 9.78. The minimum atomic E-state index is -4.50. The van der Waals surface area contributed by atoms with E-state index < -0.39 is 17.4 Å². The SMILES string of the molecule is Fc1ccc(Cl)cc1[C@@]1(C(F)(F)F)CCNC1. The van der Waals surface area contributed by atoms with Crippen molar-refractivity contribution in [3.8, 4) is 0 Å². The lowest BCUT2D eigenvalue weighted by Gasteiger charge is -2.31. The van der Waals surface area contributed by atoms with Gasteiger partial charge in [-0.1, -0.05) is 11.6 Å². The first kappa shape index (κ1) is 12.6. The molecule has 1 aliphatic rings. The van der Waals surface area contributed by atoms with Crippen molar-refractivity contribution in [2.45, 2.75) is 18.0 Å². The molecule has 1 nitrogen and oxygen atoms in total. The maximum atomic E-state index is 13.6. The van der Waals surface area contributed by atoms with Gasteiger partial charge in [0.05, 0.1) is 0 Å². The number of rotatable bonds is 1. The highest BCUT2D eigenvalue weighted by atomic mass is 35.5. The molecule has 1 aromatic rings. The van der Waals surface area contributed by atoms with E-state index in [0.29, 0.717) is 0 Å². The molecular weight excluding hydrogens is 258 g/mol. The third-order valence-corrected chi connectivity index (χ3v) is 3.38. The van der Waals surface area contributed by atoms with E-state index in [9.17, 15) is 17.6 Å². The molecule has 1 aliphatic heterocycles. The van der Waals surface area contributed by atoms with Crippen molar-refractivity contribution in [3.63, 3.8) is 0 Å². The molecular formula is C11H10ClF4N. The summed E-state index contributed by atoms with van der Waals surface area (Å²) in [7, 11) is 0. The van der Waals surface area contributed by atoms with Crippen molar-refractivity contribution in [2.75, 3.05) is 13.1 Å². The van der Waals surface area contributed by atoms with Gasteiger partial charge in [0.1, 0.15) is 11.2 Å². The van der Waals surface area contributed by atoms with Crippen LogP contribution < -0.4 is 5.32 Å². The van der Waals surface area contributed by atoms with Crippen LogP contribution in [0.25, 0.3) is 0 Å². The van der Waals surface area contributed by atoms with E-state index in [0.717, 1.165) is 12.1 Å². The zero-order chi connectivity index (χ0) is 12.7. The molecule has 17 heavy (non-hydrogen) atoms. The van der Waals surface area contributed by atoms with Crippen molar-refractivity contribution in [3.05, 3.63) is 34.6 Å². The van der Waals surface area contributed by atoms with Crippen LogP contribution in [0.5, 0.6) is 0 Å². The van der Waals surface area contributed by atoms with E-state index in [1.807, 2.05) is 0 Å². The molecule has 0 aliphatic carbocycles. The maximum Gasteiger partial charge on any atom is 0.399 e. The Balaban J connectivity index is 2.57. The first-order valence-electron chi connectivity index (χ1n) is 5.10. The lowest BCUT2D eigenvalue weighted by molar-refractivity contribution is -0.185. The third-order valence-electron chi connectivity index (χ3n) is 3.14. The smallest absolute Gasteiger partial charge is 0.315 e. The molecule has 1 saturated heterocycles. The lowest BCUT2D eigenvalue weighted by Crippen LogP contribution is -2.44. The summed E-state index contributed by atoms with van der Waals surface area (Å²) >= 11 is 5.65. The fourth-order valence-corrected chi connectivity index (χ4v) is 2.35. The zero-order valence-corrected chi connectivity index (χ0v) is 9.50. The number of benzene rings is 1. The fourth-order valence-electron chi connectivity index (χ4n) is 2.18. The van der Waals surface area contributed by atoms with Gasteiger partial charge in [0, 0.05) is 17.1 Å². The number of halogens is 5. The second kappa shape index (κ2) is 4.14. The standard InChI is InChI=1S/C11H10ClF4N/c12-7-1-2-9(13)8(5-7)10(11(14,15)16)3-4-17-6-10/h1-2,5,17H,3-4,6H2/t10-/m1/s1. The fraction of sp³-hybridized carbons (Fsp3) is 0.455. The Morgan fingerprint density at radius 3 is 2.53 bits per heavy atom. The van der Waals surface area contributed by atoms with Crippen LogP contribution >= 0.6 is 11.6 Å². The first-order valence-corrected chi connectivity index (χ1v) is 5.48. The quantitative estimate of drug-likeness (QED) is 0.770. The second-order valence-corrected chi connectivity index (χ2v) is 4.57. The number of hydrogen-bond acceptors (Lipinski definition) is 1. The Morgan fingerprint density at radius 2 is 2.00 bits per heavy atom. The third kappa shape index (κ3) is 2.02. The molecule has 6 heteroatoms. The minimum Gasteiger partial charge on any atom is -0.315 e. The molecule has 2 rings (SSSR count). The normalized spacial score (nSPS) is 25.2. The minimum absolute atomic E-state index is 0.108. The van der Waals surface area contributed by atoms with E-state index in [2.05, 4.69) is 5.32 Å². The zero-order valence-electron chi connectivity index (χ0n) is 8.74. The maximum absolute atomic E-state index is 13.6. The van der Waals surface area contributed by atoms with Crippen LogP contribution in [-0.2, 0) is 5.41 Å². The summed E-state index contributed by atoms with van der Waals surface area (Å²) in [6.07, 6.45) is -4.67. The van der Waals surface area contributed by atoms with Crippen LogP contribution in [0.2, 0.25) is 5.02 Å². The topological polar surface area (TPSA) is 12.0 Å². The van der Waals surface area contributed by atoms with Crippen molar-refractivity contribution >= 4 is 11.6 Å². The molecule has 0 saturated carbocycles. The van der Waals surface area contributed by atoms with Crippen LogP contribution in [0.4, 0.5) is 17.6 Å². The number of nitrogens with one attached hydrogen (secondary N) is 1. The van der Waals surface area contributed by atoms with Gasteiger partial charge in [-0.15, -0.1) is 0 Å². The van der Waals surface area contributed by atoms with Crippen molar-refractivity contribution in [1.29, 1.82) is 0 Å². The van der Waals surface area contributed by atoms with Crippen LogP contribution in [0.3, 0.4) is 0 Å². The molecule has 0 aromatic heterocycles. The predicted molar refractivity (Wildman–Crippen MR) is 56.6 cm³/mol. The van der Waals surface area contributed by atoms with E-state index in [4.69, 9.17) is 11.6 Å². The van der Waals surface area contributed by atoms with Crippen molar-refractivity contribution in [2.24, 2.45) is 0 Å². The summed E-state index contributed by atoms with van der Waals surface area (Å²) in [5.74, 6) is -0.865. The van der Waals surface area contributed by atoms with Crippen molar-refractivity contribution < 1.29 is 17.6 Å². The Morgan fingerprint density at radius 1 is 1.29 bits per heavy atom. The van der Waals surface area contributed by atoms with Gasteiger partial charge in [-0.3, -0.25) is 0 Å². The Kier molecular flexibility index (Phi) is 3.08. The van der Waals surface area contributed by atoms with Crippen LogP contribution in [-0.4, -0.2) is 19.3 Å². The van der Waals surface area contributed by atoms with Crippen LogP contribution in [0, 0.1) is 5.82 Å². The Bertz CT molecular complexity index is 424. The van der Waals surface area contributed by atoms with Gasteiger partial charge in [-0.2, -0.15) is 13.2 Å². The molecule has 0 unspecified atom stereocenters. The second-order valence-electron chi connectivity index (χ2n) is 4.13. The molecule has 0 bridgehead atoms. The molecule has 1 heterocycles. The van der Waals surface area contributed by atoms with Gasteiger partial charge in [0.2, 0.25) is 0 Å². The summed E-state index contributed by atoms with van der Waals surface area (Å²) in [6, 6.07) is 3.29. The molecule has 1 aromatic carbocycles. The average Bonchev–Trinajstić information content (AvgIpc) is 2.71. The van der Waals surface area contributed by atoms with E-state index in [-0.39, 0.29) is 30.1 Å². The van der Waals surface area contributed by atoms with E-state index in [1.165, 1.54) is 6.07 Å². The Labute approximate surface area is 101 Å². The van der Waals surface area contributed by atoms with Gasteiger partial charge in [-0.25, -0.2) is 4.39 Å². The summed E-state index contributed by atoms with van der Waals surface area (Å²) < 4.78 is 53.1. The molecule has 94 valence electrons. The van der Waals surface area contributed by atoms with Crippen LogP contribution in [0.15, 0.2) is 18.2 Å². The van der Waals surface area contributed by atoms with E-state index >= 15 is 0 Å². The monoisotopic (exact) mass is 267 g/mol. The number of alkyl halides is 3. The molecule has 1 atom stereocenters. The molecule has 0 radical (unpaired) electrons. The highest BCUT2D eigenvalue weighted by Crippen LogP contribution is 2.46. The summed E-state index contributed by atoms with van der Waals surface area (Å²) in [4.78, 5) is 0. The van der Waals surface area contributed by atoms with Crippen LogP contribution in [0.1, 0.15) is 12.0 Å². The van der Waals surface area contributed by atoms with Gasteiger partial charge < -0.3 is 5.32 Å². The van der Waals surface area contributed by atoms with E-state index in [1.54, 1.807) is 0 Å². The van der Waals surface area contributed by atoms with Crippen molar-refractivity contribution in [1.82, 2.24) is 5.32 Å². The molecule has 0 amide bonds. The first-order chi connectivity index (χ1) is 7.87.